The van der Waals surface area contributed by atoms with Gasteiger partial charge in [0.1, 0.15) is 6.54 Å². The molecule has 0 spiro atoms. The molecule has 0 bridgehead atoms. The van der Waals surface area contributed by atoms with Crippen molar-refractivity contribution in [3.05, 3.63) is 0 Å². The van der Waals surface area contributed by atoms with Crippen LogP contribution in [0.15, 0.2) is 0 Å². The number of carbonyl (C=O) groups is 2. The van der Waals surface area contributed by atoms with Crippen molar-refractivity contribution in [2.45, 2.75) is 46.5 Å². The van der Waals surface area contributed by atoms with Crippen molar-refractivity contribution in [3.63, 3.8) is 0 Å². The van der Waals surface area contributed by atoms with Gasteiger partial charge in [0.05, 0.1) is 13.2 Å². The number of rotatable bonds is 11. The van der Waals surface area contributed by atoms with E-state index in [0.717, 1.165) is 38.8 Å². The molecular weight excluding hydrogens is 244 g/mol. The second kappa shape index (κ2) is 12.0. The van der Waals surface area contributed by atoms with E-state index in [9.17, 15) is 9.59 Å². The van der Waals surface area contributed by atoms with Gasteiger partial charge in [-0.3, -0.25) is 14.5 Å². The summed E-state index contributed by atoms with van der Waals surface area (Å²) in [5.41, 5.74) is 0. The molecule has 0 radical (unpaired) electrons. The van der Waals surface area contributed by atoms with E-state index in [2.05, 4.69) is 24.1 Å². The summed E-state index contributed by atoms with van der Waals surface area (Å²) in [6.45, 7) is 8.55. The fourth-order valence-electron chi connectivity index (χ4n) is 1.68. The minimum absolute atomic E-state index is 0.0396. The minimum Gasteiger partial charge on any atom is -0.465 e. The third-order valence-electron chi connectivity index (χ3n) is 2.76. The van der Waals surface area contributed by atoms with Crippen molar-refractivity contribution < 1.29 is 14.3 Å². The average Bonchev–Trinajstić information content (AvgIpc) is 2.40. The molecule has 0 rings (SSSR count). The molecule has 0 aliphatic heterocycles. The highest BCUT2D eigenvalue weighted by atomic mass is 16.5. The Balaban J connectivity index is 3.96. The first kappa shape index (κ1) is 17.9. The fraction of sp³-hybridized carbons (Fsp3) is 0.857. The molecule has 0 aliphatic rings. The maximum Gasteiger partial charge on any atom is 0.325 e. The van der Waals surface area contributed by atoms with Gasteiger partial charge < -0.3 is 10.1 Å². The summed E-state index contributed by atoms with van der Waals surface area (Å²) >= 11 is 0. The van der Waals surface area contributed by atoms with Crippen molar-refractivity contribution in [1.82, 2.24) is 10.2 Å². The molecule has 19 heavy (non-hydrogen) atoms. The van der Waals surface area contributed by atoms with Gasteiger partial charge in [-0.15, -0.1) is 0 Å². The number of esters is 1. The Bertz CT molecular complexity index is 249. The summed E-state index contributed by atoms with van der Waals surface area (Å²) in [4.78, 5) is 25.0. The largest absolute Gasteiger partial charge is 0.465 e. The Kier molecular flexibility index (Phi) is 11.3. The number of ether oxygens (including phenoxy) is 1. The lowest BCUT2D eigenvalue weighted by Gasteiger charge is -2.21. The van der Waals surface area contributed by atoms with Crippen molar-refractivity contribution in [1.29, 1.82) is 0 Å². The minimum atomic E-state index is -0.385. The van der Waals surface area contributed by atoms with E-state index in [-0.39, 0.29) is 18.4 Å². The highest BCUT2D eigenvalue weighted by Gasteiger charge is 2.11. The van der Waals surface area contributed by atoms with Crippen LogP contribution in [0.4, 0.5) is 0 Å². The predicted octanol–water partition coefficient (Wildman–Crippen LogP) is 1.57. The maximum absolute atomic E-state index is 11.7. The molecule has 1 amide bonds. The van der Waals surface area contributed by atoms with Gasteiger partial charge in [-0.25, -0.2) is 0 Å². The van der Waals surface area contributed by atoms with Crippen LogP contribution >= 0.6 is 0 Å². The van der Waals surface area contributed by atoms with E-state index in [1.54, 1.807) is 6.92 Å². The molecule has 0 aromatic carbocycles. The summed E-state index contributed by atoms with van der Waals surface area (Å²) in [5, 5.41) is 2.60. The molecule has 0 fully saturated rings. The highest BCUT2D eigenvalue weighted by molar-refractivity contribution is 5.83. The second-order valence-corrected chi connectivity index (χ2v) is 4.57. The van der Waals surface area contributed by atoms with Gasteiger partial charge in [-0.1, -0.05) is 26.7 Å². The molecule has 0 aliphatic carbocycles. The first-order chi connectivity index (χ1) is 9.13. The average molecular weight is 272 g/mol. The van der Waals surface area contributed by atoms with Gasteiger partial charge in [-0.05, 0) is 32.9 Å². The van der Waals surface area contributed by atoms with E-state index in [0.29, 0.717) is 13.2 Å². The molecule has 5 heteroatoms. The highest BCUT2D eigenvalue weighted by Crippen LogP contribution is 1.98. The summed E-state index contributed by atoms with van der Waals surface area (Å²) in [6.07, 6.45) is 4.42. The molecule has 0 saturated carbocycles. The lowest BCUT2D eigenvalue weighted by Crippen LogP contribution is -2.40. The third kappa shape index (κ3) is 10.5. The fourth-order valence-corrected chi connectivity index (χ4v) is 1.68. The summed E-state index contributed by atoms with van der Waals surface area (Å²) in [5.74, 6) is -0.496. The molecule has 0 heterocycles. The molecule has 112 valence electrons. The summed E-state index contributed by atoms with van der Waals surface area (Å²) in [6, 6.07) is 0. The molecule has 0 aromatic rings. The van der Waals surface area contributed by atoms with E-state index in [1.165, 1.54) is 0 Å². The van der Waals surface area contributed by atoms with Crippen LogP contribution in [-0.2, 0) is 14.3 Å². The zero-order chi connectivity index (χ0) is 14.5. The summed E-state index contributed by atoms with van der Waals surface area (Å²) < 4.78 is 4.76. The van der Waals surface area contributed by atoms with Gasteiger partial charge in [-0.2, -0.15) is 0 Å². The second-order valence-electron chi connectivity index (χ2n) is 4.57. The Labute approximate surface area is 116 Å². The number of amides is 1. The zero-order valence-electron chi connectivity index (χ0n) is 12.5. The SMILES string of the molecule is CCCCN(CCCC)CC(=O)NCC(=O)OCC. The van der Waals surface area contributed by atoms with Crippen LogP contribution in [0.2, 0.25) is 0 Å². The molecular formula is C14H28N2O3. The number of nitrogens with zero attached hydrogens (tertiary/aromatic N) is 1. The maximum atomic E-state index is 11.7. The zero-order valence-corrected chi connectivity index (χ0v) is 12.5. The predicted molar refractivity (Wildman–Crippen MR) is 75.9 cm³/mol. The van der Waals surface area contributed by atoms with Crippen molar-refractivity contribution in [3.8, 4) is 0 Å². The standard InChI is InChI=1S/C14H28N2O3/c1-4-7-9-16(10-8-5-2)12-13(17)15-11-14(18)19-6-3/h4-12H2,1-3H3,(H,15,17). The smallest absolute Gasteiger partial charge is 0.325 e. The van der Waals surface area contributed by atoms with E-state index in [1.807, 2.05) is 0 Å². The lowest BCUT2D eigenvalue weighted by molar-refractivity contribution is -0.143. The van der Waals surface area contributed by atoms with Crippen LogP contribution in [0.1, 0.15) is 46.5 Å². The van der Waals surface area contributed by atoms with Crippen molar-refractivity contribution in [2.75, 3.05) is 32.8 Å². The molecule has 0 saturated heterocycles. The van der Waals surface area contributed by atoms with Crippen LogP contribution in [0.5, 0.6) is 0 Å². The molecule has 0 atom stereocenters. The normalized spacial score (nSPS) is 10.5. The van der Waals surface area contributed by atoms with Gasteiger partial charge in [0.25, 0.3) is 0 Å². The molecule has 0 unspecified atom stereocenters. The van der Waals surface area contributed by atoms with E-state index in [4.69, 9.17) is 4.74 Å². The quantitative estimate of drug-likeness (QED) is 0.580. The van der Waals surface area contributed by atoms with Gasteiger partial charge >= 0.3 is 5.97 Å². The number of hydrogen-bond donors (Lipinski definition) is 1. The van der Waals surface area contributed by atoms with Crippen LogP contribution < -0.4 is 5.32 Å². The Morgan fingerprint density at radius 2 is 1.63 bits per heavy atom. The van der Waals surface area contributed by atoms with Crippen molar-refractivity contribution in [2.24, 2.45) is 0 Å². The third-order valence-corrected chi connectivity index (χ3v) is 2.76. The first-order valence-electron chi connectivity index (χ1n) is 7.28. The molecule has 0 aromatic heterocycles. The lowest BCUT2D eigenvalue weighted by atomic mass is 10.2. The van der Waals surface area contributed by atoms with Crippen LogP contribution in [0.3, 0.4) is 0 Å². The Morgan fingerprint density at radius 3 is 2.11 bits per heavy atom. The number of carbonyl (C=O) groups excluding carboxylic acids is 2. The monoisotopic (exact) mass is 272 g/mol. The van der Waals surface area contributed by atoms with Gasteiger partial charge in [0.15, 0.2) is 0 Å². The molecule has 1 N–H and O–H groups in total. The summed E-state index contributed by atoms with van der Waals surface area (Å²) in [7, 11) is 0. The van der Waals surface area contributed by atoms with Gasteiger partial charge in [0.2, 0.25) is 5.91 Å². The van der Waals surface area contributed by atoms with Crippen molar-refractivity contribution >= 4 is 11.9 Å². The Hall–Kier alpha value is -1.10. The number of unbranched alkanes of at least 4 members (excludes halogenated alkanes) is 2. The molecule has 5 nitrogen and oxygen atoms in total. The number of nitrogens with one attached hydrogen (secondary N) is 1. The Morgan fingerprint density at radius 1 is 1.05 bits per heavy atom. The number of hydrogen-bond acceptors (Lipinski definition) is 4. The van der Waals surface area contributed by atoms with E-state index < -0.39 is 0 Å². The van der Waals surface area contributed by atoms with Crippen LogP contribution in [0.25, 0.3) is 0 Å². The topological polar surface area (TPSA) is 58.6 Å². The van der Waals surface area contributed by atoms with Crippen LogP contribution in [-0.4, -0.2) is 49.6 Å². The van der Waals surface area contributed by atoms with Crippen LogP contribution in [0, 0.1) is 0 Å². The first-order valence-corrected chi connectivity index (χ1v) is 7.28. The van der Waals surface area contributed by atoms with E-state index >= 15 is 0 Å². The van der Waals surface area contributed by atoms with Gasteiger partial charge in [0, 0.05) is 0 Å².